The predicted molar refractivity (Wildman–Crippen MR) is 77.6 cm³/mol. The quantitative estimate of drug-likeness (QED) is 0.744. The highest BCUT2D eigenvalue weighted by molar-refractivity contribution is 9.10. The van der Waals surface area contributed by atoms with Crippen molar-refractivity contribution in [1.82, 2.24) is 9.78 Å². The molecule has 0 amide bonds. The summed E-state index contributed by atoms with van der Waals surface area (Å²) in [6, 6.07) is 0. The number of aromatic nitrogens is 2. The molecule has 0 aromatic carbocycles. The first-order chi connectivity index (χ1) is 7.88. The lowest BCUT2D eigenvalue weighted by atomic mass is 9.88. The molecule has 0 saturated heterocycles. The van der Waals surface area contributed by atoms with Gasteiger partial charge in [-0.25, -0.2) is 0 Å². The second-order valence-electron chi connectivity index (χ2n) is 4.97. The van der Waals surface area contributed by atoms with Crippen molar-refractivity contribution in [3.8, 4) is 0 Å². The van der Waals surface area contributed by atoms with Gasteiger partial charge in [-0.3, -0.25) is 4.68 Å². The van der Waals surface area contributed by atoms with Gasteiger partial charge in [0.1, 0.15) is 0 Å². The normalized spacial score (nSPS) is 15.3. The molecule has 0 radical (unpaired) electrons. The van der Waals surface area contributed by atoms with Crippen LogP contribution in [-0.2, 0) is 19.9 Å². The van der Waals surface area contributed by atoms with Gasteiger partial charge in [0, 0.05) is 12.4 Å². The minimum atomic E-state index is 0.182. The zero-order chi connectivity index (χ0) is 13.2. The van der Waals surface area contributed by atoms with Crippen LogP contribution in [0, 0.1) is 11.8 Å². The minimum absolute atomic E-state index is 0.182. The Balaban J connectivity index is 2.97. The molecule has 98 valence electrons. The van der Waals surface area contributed by atoms with Crippen molar-refractivity contribution in [1.29, 1.82) is 0 Å². The average Bonchev–Trinajstić information content (AvgIpc) is 2.50. The third kappa shape index (κ3) is 3.47. The molecule has 1 aromatic heterocycles. The number of nitrogens with zero attached hydrogens (tertiary/aromatic N) is 2. The first kappa shape index (κ1) is 15.0. The molecule has 0 spiro atoms. The van der Waals surface area contributed by atoms with Crippen molar-refractivity contribution < 1.29 is 0 Å². The molecule has 0 aliphatic carbocycles. The largest absolute Gasteiger partial charge is 0.271 e. The molecule has 0 aliphatic rings. The van der Waals surface area contributed by atoms with E-state index in [1.165, 1.54) is 5.69 Å². The van der Waals surface area contributed by atoms with Gasteiger partial charge in [0.05, 0.1) is 15.9 Å². The summed E-state index contributed by atoms with van der Waals surface area (Å²) < 4.78 is 3.14. The lowest BCUT2D eigenvalue weighted by molar-refractivity contribution is 0.368. The Morgan fingerprint density at radius 1 is 1.35 bits per heavy atom. The maximum Gasteiger partial charge on any atom is 0.0766 e. The van der Waals surface area contributed by atoms with Crippen LogP contribution in [0.1, 0.15) is 39.1 Å². The number of halogens is 2. The van der Waals surface area contributed by atoms with E-state index in [9.17, 15) is 0 Å². The van der Waals surface area contributed by atoms with Crippen LogP contribution in [0.5, 0.6) is 0 Å². The monoisotopic (exact) mass is 320 g/mol. The Bertz CT molecular complexity index is 364. The number of hydrogen-bond acceptors (Lipinski definition) is 1. The van der Waals surface area contributed by atoms with E-state index in [2.05, 4.69) is 48.7 Å². The van der Waals surface area contributed by atoms with Crippen molar-refractivity contribution in [2.24, 2.45) is 18.9 Å². The molecular formula is C13H22BrClN2. The van der Waals surface area contributed by atoms with E-state index in [1.807, 2.05) is 11.7 Å². The van der Waals surface area contributed by atoms with Crippen LogP contribution in [0.3, 0.4) is 0 Å². The van der Waals surface area contributed by atoms with Crippen LogP contribution < -0.4 is 0 Å². The van der Waals surface area contributed by atoms with Crippen molar-refractivity contribution in [2.75, 3.05) is 0 Å². The number of alkyl halides is 1. The van der Waals surface area contributed by atoms with E-state index in [0.717, 1.165) is 23.0 Å². The van der Waals surface area contributed by atoms with Gasteiger partial charge in [0.2, 0.25) is 0 Å². The Morgan fingerprint density at radius 2 is 1.94 bits per heavy atom. The summed E-state index contributed by atoms with van der Waals surface area (Å²) in [7, 11) is 2.01. The second-order valence-corrected chi connectivity index (χ2v) is 6.46. The first-order valence-corrected chi connectivity index (χ1v) is 7.45. The lowest BCUT2D eigenvalue weighted by Crippen LogP contribution is -2.22. The Morgan fingerprint density at radius 3 is 2.29 bits per heavy atom. The number of rotatable bonds is 5. The highest BCUT2D eigenvalue weighted by Crippen LogP contribution is 2.29. The van der Waals surface area contributed by atoms with E-state index < -0.39 is 0 Å². The average molecular weight is 322 g/mol. The SMILES string of the molecule is CCc1nn(C)c(CC(C(C)C)C(C)Cl)c1Br. The smallest absolute Gasteiger partial charge is 0.0766 e. The van der Waals surface area contributed by atoms with Crippen LogP contribution in [0.15, 0.2) is 4.47 Å². The zero-order valence-corrected chi connectivity index (χ0v) is 13.6. The number of aryl methyl sites for hydroxylation is 2. The molecule has 2 unspecified atom stereocenters. The van der Waals surface area contributed by atoms with Crippen LogP contribution in [0.2, 0.25) is 0 Å². The fourth-order valence-electron chi connectivity index (χ4n) is 2.19. The van der Waals surface area contributed by atoms with Gasteiger partial charge in [-0.2, -0.15) is 5.10 Å². The molecule has 0 fully saturated rings. The fraction of sp³-hybridized carbons (Fsp3) is 0.769. The van der Waals surface area contributed by atoms with Gasteiger partial charge in [0.25, 0.3) is 0 Å². The van der Waals surface area contributed by atoms with Crippen LogP contribution in [-0.4, -0.2) is 15.2 Å². The molecular weight excluding hydrogens is 300 g/mol. The molecule has 4 heteroatoms. The van der Waals surface area contributed by atoms with Crippen LogP contribution in [0.25, 0.3) is 0 Å². The zero-order valence-electron chi connectivity index (χ0n) is 11.3. The second kappa shape index (κ2) is 6.24. The molecule has 2 nitrogen and oxygen atoms in total. The third-order valence-corrected chi connectivity index (χ3v) is 4.62. The molecule has 1 aromatic rings. The van der Waals surface area contributed by atoms with E-state index in [0.29, 0.717) is 11.8 Å². The van der Waals surface area contributed by atoms with Crippen molar-refractivity contribution in [2.45, 2.75) is 45.9 Å². The Labute approximate surface area is 118 Å². The third-order valence-electron chi connectivity index (χ3n) is 3.38. The van der Waals surface area contributed by atoms with Crippen molar-refractivity contribution in [3.63, 3.8) is 0 Å². The predicted octanol–water partition coefficient (Wildman–Crippen LogP) is 4.19. The maximum atomic E-state index is 6.29. The van der Waals surface area contributed by atoms with Gasteiger partial charge in [0.15, 0.2) is 0 Å². The molecule has 2 atom stereocenters. The maximum absolute atomic E-state index is 6.29. The molecule has 17 heavy (non-hydrogen) atoms. The molecule has 0 N–H and O–H groups in total. The highest BCUT2D eigenvalue weighted by Gasteiger charge is 2.23. The van der Waals surface area contributed by atoms with E-state index in [4.69, 9.17) is 11.6 Å². The molecule has 1 rings (SSSR count). The van der Waals surface area contributed by atoms with Gasteiger partial charge in [-0.15, -0.1) is 11.6 Å². The summed E-state index contributed by atoms with van der Waals surface area (Å²) in [4.78, 5) is 0. The minimum Gasteiger partial charge on any atom is -0.271 e. The van der Waals surface area contributed by atoms with Crippen LogP contribution >= 0.6 is 27.5 Å². The topological polar surface area (TPSA) is 17.8 Å². The molecule has 1 heterocycles. The summed E-state index contributed by atoms with van der Waals surface area (Å²) in [6.45, 7) is 8.67. The van der Waals surface area contributed by atoms with Gasteiger partial charge in [-0.1, -0.05) is 20.8 Å². The first-order valence-electron chi connectivity index (χ1n) is 6.22. The fourth-order valence-corrected chi connectivity index (χ4v) is 3.35. The summed E-state index contributed by atoms with van der Waals surface area (Å²) in [5, 5.41) is 4.71. The van der Waals surface area contributed by atoms with Crippen molar-refractivity contribution >= 4 is 27.5 Å². The molecule has 0 saturated carbocycles. The van der Waals surface area contributed by atoms with Crippen molar-refractivity contribution in [3.05, 3.63) is 15.9 Å². The Hall–Kier alpha value is -0.0200. The van der Waals surface area contributed by atoms with E-state index >= 15 is 0 Å². The van der Waals surface area contributed by atoms with Crippen LogP contribution in [0.4, 0.5) is 0 Å². The standard InChI is InChI=1S/C13H22BrClN2/c1-6-11-13(14)12(17(5)16-11)7-10(8(2)3)9(4)15/h8-10H,6-7H2,1-5H3. The highest BCUT2D eigenvalue weighted by atomic mass is 79.9. The Kier molecular flexibility index (Phi) is 5.52. The number of hydrogen-bond donors (Lipinski definition) is 0. The summed E-state index contributed by atoms with van der Waals surface area (Å²) in [6.07, 6.45) is 1.93. The van der Waals surface area contributed by atoms with E-state index in [1.54, 1.807) is 0 Å². The summed E-state index contributed by atoms with van der Waals surface area (Å²) >= 11 is 9.95. The molecule has 0 aliphatic heterocycles. The summed E-state index contributed by atoms with van der Waals surface area (Å²) in [5.41, 5.74) is 2.39. The van der Waals surface area contributed by atoms with E-state index in [-0.39, 0.29) is 5.38 Å². The summed E-state index contributed by atoms with van der Waals surface area (Å²) in [5.74, 6) is 1.06. The lowest BCUT2D eigenvalue weighted by Gasteiger charge is -2.23. The molecule has 0 bridgehead atoms. The van der Waals surface area contributed by atoms with Gasteiger partial charge in [-0.05, 0) is 47.5 Å². The van der Waals surface area contributed by atoms with Gasteiger partial charge >= 0.3 is 0 Å². The van der Waals surface area contributed by atoms with Gasteiger partial charge < -0.3 is 0 Å².